The van der Waals surface area contributed by atoms with E-state index in [1.807, 2.05) is 55.5 Å². The van der Waals surface area contributed by atoms with E-state index in [0.29, 0.717) is 0 Å². The molecule has 1 fully saturated rings. The van der Waals surface area contributed by atoms with Gasteiger partial charge < -0.3 is 5.32 Å². The van der Waals surface area contributed by atoms with Gasteiger partial charge >= 0.3 is 0 Å². The predicted octanol–water partition coefficient (Wildman–Crippen LogP) is 8.01. The molecule has 4 aromatic rings. The van der Waals surface area contributed by atoms with Crippen LogP contribution in [0.2, 0.25) is 0 Å². The number of rotatable bonds is 7. The van der Waals surface area contributed by atoms with Crippen LogP contribution in [0.25, 0.3) is 5.57 Å². The molecule has 4 heteroatoms. The Bertz CT molecular complexity index is 1310. The fourth-order valence-corrected chi connectivity index (χ4v) is 4.30. The maximum Gasteiger partial charge on any atom is 0.0859 e. The summed E-state index contributed by atoms with van der Waals surface area (Å²) in [4.78, 5) is 0. The molecule has 0 bridgehead atoms. The zero-order chi connectivity index (χ0) is 27.3. The average molecular weight is 515 g/mol. The third kappa shape index (κ3) is 8.39. The maximum atomic E-state index is 4.15. The van der Waals surface area contributed by atoms with Gasteiger partial charge in [0.2, 0.25) is 0 Å². The quantitative estimate of drug-likeness (QED) is 0.189. The molecule has 2 unspecified atom stereocenters. The largest absolute Gasteiger partial charge is 0.355 e. The third-order valence-corrected chi connectivity index (χ3v) is 6.42. The van der Waals surface area contributed by atoms with Crippen LogP contribution in [-0.4, -0.2) is 6.67 Å². The lowest BCUT2D eigenvalue weighted by atomic mass is 10.0. The highest BCUT2D eigenvalue weighted by Gasteiger charge is 2.21. The fourth-order valence-electron chi connectivity index (χ4n) is 4.30. The maximum absolute atomic E-state index is 4.15. The highest BCUT2D eigenvalue weighted by Crippen LogP contribution is 2.27. The minimum atomic E-state index is 0.192. The first-order chi connectivity index (χ1) is 19.1. The van der Waals surface area contributed by atoms with Gasteiger partial charge in [0.25, 0.3) is 0 Å². The number of hydrogen-bond acceptors (Lipinski definition) is 4. The second-order valence-corrected chi connectivity index (χ2v) is 9.39. The smallest absolute Gasteiger partial charge is 0.0859 e. The van der Waals surface area contributed by atoms with Gasteiger partial charge in [-0.25, -0.2) is 0 Å². The Balaban J connectivity index is 0.000000183. The van der Waals surface area contributed by atoms with Crippen LogP contribution in [0.3, 0.4) is 0 Å². The van der Waals surface area contributed by atoms with E-state index < -0.39 is 0 Å². The van der Waals surface area contributed by atoms with Crippen LogP contribution in [0.5, 0.6) is 0 Å². The number of hydrogen-bond donors (Lipinski definition) is 4. The molecule has 0 saturated carbocycles. The summed E-state index contributed by atoms with van der Waals surface area (Å²) in [5.41, 5.74) is 8.03. The monoisotopic (exact) mass is 514 g/mol. The van der Waals surface area contributed by atoms with E-state index >= 15 is 0 Å². The van der Waals surface area contributed by atoms with Crippen LogP contribution >= 0.6 is 0 Å². The lowest BCUT2D eigenvalue weighted by Gasteiger charge is -2.33. The summed E-state index contributed by atoms with van der Waals surface area (Å²) in [7, 11) is 0. The van der Waals surface area contributed by atoms with Crippen molar-refractivity contribution in [2.45, 2.75) is 26.2 Å². The Morgan fingerprint density at radius 2 is 1.31 bits per heavy atom. The molecule has 5 rings (SSSR count). The van der Waals surface area contributed by atoms with Crippen molar-refractivity contribution < 1.29 is 0 Å². The summed E-state index contributed by atoms with van der Waals surface area (Å²) in [5, 5.41) is 13.8. The van der Waals surface area contributed by atoms with Gasteiger partial charge in [-0.05, 0) is 48.7 Å². The van der Waals surface area contributed by atoms with Crippen LogP contribution < -0.4 is 21.3 Å². The molecule has 4 N–H and O–H groups in total. The Kier molecular flexibility index (Phi) is 10.4. The van der Waals surface area contributed by atoms with Crippen molar-refractivity contribution in [3.63, 3.8) is 0 Å². The van der Waals surface area contributed by atoms with Gasteiger partial charge in [0, 0.05) is 23.6 Å². The van der Waals surface area contributed by atoms with Crippen molar-refractivity contribution in [1.29, 1.82) is 0 Å². The highest BCUT2D eigenvalue weighted by atomic mass is 15.3. The molecule has 0 spiro atoms. The summed E-state index contributed by atoms with van der Waals surface area (Å²) >= 11 is 0. The van der Waals surface area contributed by atoms with E-state index in [0.717, 1.165) is 29.2 Å². The number of nitrogens with one attached hydrogen (secondary N) is 4. The molecule has 1 aliphatic heterocycles. The van der Waals surface area contributed by atoms with Gasteiger partial charge in [-0.1, -0.05) is 127 Å². The zero-order valence-electron chi connectivity index (χ0n) is 22.8. The summed E-state index contributed by atoms with van der Waals surface area (Å²) in [6.07, 6.45) is 8.41. The standard InChI is InChI=1S/C20H21N.C15H17N3/c1-4-5-6-9-17(3)19-10-7-8-11-20(19)21-18-14-12-16(2)13-15-18;1-3-7-12(8-4-1)14-16-11-17-15(18-14)13-9-5-2-6-10-13/h4-15,21H,3H2,1-2H3;1-10,14-18H,11H2/b5-4-,9-6-;. The molecule has 0 aliphatic carbocycles. The van der Waals surface area contributed by atoms with Crippen LogP contribution in [0.4, 0.5) is 11.4 Å². The number of anilines is 2. The van der Waals surface area contributed by atoms with Crippen LogP contribution in [0, 0.1) is 6.92 Å². The minimum Gasteiger partial charge on any atom is -0.355 e. The van der Waals surface area contributed by atoms with Gasteiger partial charge in [0.1, 0.15) is 0 Å². The second kappa shape index (κ2) is 14.6. The van der Waals surface area contributed by atoms with Crippen molar-refractivity contribution >= 4 is 16.9 Å². The summed E-state index contributed by atoms with van der Waals surface area (Å²) in [5.74, 6) is 0. The fraction of sp³-hybridized carbons (Fsp3) is 0.143. The van der Waals surface area contributed by atoms with Gasteiger partial charge in [0.15, 0.2) is 0 Å². The Morgan fingerprint density at radius 1 is 0.744 bits per heavy atom. The minimum absolute atomic E-state index is 0.192. The lowest BCUT2D eigenvalue weighted by molar-refractivity contribution is 0.267. The molecule has 39 heavy (non-hydrogen) atoms. The van der Waals surface area contributed by atoms with E-state index in [2.05, 4.69) is 120 Å². The van der Waals surface area contributed by atoms with Crippen LogP contribution in [-0.2, 0) is 0 Å². The number of aryl methyl sites for hydroxylation is 1. The van der Waals surface area contributed by atoms with E-state index in [-0.39, 0.29) is 12.3 Å². The van der Waals surface area contributed by atoms with E-state index in [1.54, 1.807) is 0 Å². The van der Waals surface area contributed by atoms with Crippen molar-refractivity contribution in [2.75, 3.05) is 12.0 Å². The van der Waals surface area contributed by atoms with Crippen molar-refractivity contribution in [3.8, 4) is 0 Å². The first-order valence-electron chi connectivity index (χ1n) is 13.4. The molecule has 4 aromatic carbocycles. The number of allylic oxidation sites excluding steroid dienone is 5. The Morgan fingerprint density at radius 3 is 1.90 bits per heavy atom. The molecule has 4 nitrogen and oxygen atoms in total. The molecular weight excluding hydrogens is 476 g/mol. The lowest BCUT2D eigenvalue weighted by Crippen LogP contribution is -2.52. The molecule has 1 saturated heterocycles. The van der Waals surface area contributed by atoms with Crippen molar-refractivity contribution in [2.24, 2.45) is 0 Å². The number of para-hydroxylation sites is 1. The predicted molar refractivity (Wildman–Crippen MR) is 167 cm³/mol. The summed E-state index contributed by atoms with van der Waals surface area (Å²) in [6.45, 7) is 9.04. The highest BCUT2D eigenvalue weighted by molar-refractivity contribution is 5.82. The molecule has 1 aliphatic rings. The van der Waals surface area contributed by atoms with Gasteiger partial charge in [-0.2, -0.15) is 0 Å². The second-order valence-electron chi connectivity index (χ2n) is 9.39. The first kappa shape index (κ1) is 27.8. The normalized spacial score (nSPS) is 17.0. The van der Waals surface area contributed by atoms with Gasteiger partial charge in [-0.3, -0.25) is 16.0 Å². The summed E-state index contributed by atoms with van der Waals surface area (Å²) in [6, 6.07) is 37.5. The molecule has 0 radical (unpaired) electrons. The van der Waals surface area contributed by atoms with E-state index in [9.17, 15) is 0 Å². The van der Waals surface area contributed by atoms with Crippen molar-refractivity contribution in [3.05, 3.63) is 162 Å². The number of benzene rings is 4. The third-order valence-electron chi connectivity index (χ3n) is 6.42. The summed E-state index contributed by atoms with van der Waals surface area (Å²) < 4.78 is 0. The van der Waals surface area contributed by atoms with Crippen molar-refractivity contribution in [1.82, 2.24) is 16.0 Å². The van der Waals surface area contributed by atoms with E-state index in [4.69, 9.17) is 0 Å². The van der Waals surface area contributed by atoms with Gasteiger partial charge in [0.05, 0.1) is 12.3 Å². The SMILES string of the molecule is C=C(/C=C\C=C/C)c1ccccc1Nc1ccc(C)cc1.c1ccc(C2NCNC(c3ccccc3)N2)cc1. The Labute approximate surface area is 233 Å². The molecule has 198 valence electrons. The van der Waals surface area contributed by atoms with Gasteiger partial charge in [-0.15, -0.1) is 0 Å². The first-order valence-corrected chi connectivity index (χ1v) is 13.4. The molecule has 2 atom stereocenters. The molecular formula is C35H38N4. The van der Waals surface area contributed by atoms with E-state index in [1.165, 1.54) is 16.7 Å². The average Bonchev–Trinajstić information content (AvgIpc) is 3.00. The molecule has 1 heterocycles. The Hall–Kier alpha value is -4.22. The molecule has 0 amide bonds. The zero-order valence-corrected chi connectivity index (χ0v) is 22.8. The molecule has 0 aromatic heterocycles. The topological polar surface area (TPSA) is 48.1 Å². The van der Waals surface area contributed by atoms with Crippen LogP contribution in [0.15, 0.2) is 140 Å². The van der Waals surface area contributed by atoms with Crippen LogP contribution in [0.1, 0.15) is 41.5 Å².